The van der Waals surface area contributed by atoms with Gasteiger partial charge in [0.2, 0.25) is 0 Å². The third kappa shape index (κ3) is 2.91. The van der Waals surface area contributed by atoms with Gasteiger partial charge >= 0.3 is 0 Å². The van der Waals surface area contributed by atoms with Crippen molar-refractivity contribution in [2.24, 2.45) is 0 Å². The molecule has 0 fully saturated rings. The molecule has 2 rings (SSSR count). The highest BCUT2D eigenvalue weighted by Gasteiger charge is 1.94. The zero-order valence-corrected chi connectivity index (χ0v) is 8.98. The molecule has 1 aromatic carbocycles. The van der Waals surface area contributed by atoms with Crippen molar-refractivity contribution in [2.45, 2.75) is 19.8 Å². The highest BCUT2D eigenvalue weighted by molar-refractivity contribution is 5.22. The van der Waals surface area contributed by atoms with Gasteiger partial charge in [-0.15, -0.1) is 0 Å². The van der Waals surface area contributed by atoms with Gasteiger partial charge in [0.25, 0.3) is 0 Å². The van der Waals surface area contributed by atoms with E-state index in [1.54, 1.807) is 0 Å². The molecule has 0 spiro atoms. The second-order valence-electron chi connectivity index (χ2n) is 3.84. The van der Waals surface area contributed by atoms with E-state index in [4.69, 9.17) is 0 Å². The summed E-state index contributed by atoms with van der Waals surface area (Å²) in [7, 11) is 0. The Morgan fingerprint density at radius 1 is 0.800 bits per heavy atom. The van der Waals surface area contributed by atoms with Crippen LogP contribution in [0.1, 0.15) is 16.7 Å². The molecule has 15 heavy (non-hydrogen) atoms. The monoisotopic (exact) mass is 197 g/mol. The topological polar surface area (TPSA) is 12.9 Å². The average Bonchev–Trinajstić information content (AvgIpc) is 2.30. The number of hydrogen-bond donors (Lipinski definition) is 0. The molecule has 1 heteroatoms. The molecule has 0 aliphatic carbocycles. The smallest absolute Gasteiger partial charge is 0.0270 e. The number of nitrogens with zero attached hydrogens (tertiary/aromatic N) is 1. The first-order valence-corrected chi connectivity index (χ1v) is 5.29. The van der Waals surface area contributed by atoms with Gasteiger partial charge in [0.1, 0.15) is 0 Å². The number of aryl methyl sites for hydroxylation is 3. The van der Waals surface area contributed by atoms with Gasteiger partial charge in [-0.3, -0.25) is 4.98 Å². The average molecular weight is 197 g/mol. The number of benzene rings is 1. The fourth-order valence-corrected chi connectivity index (χ4v) is 1.59. The molecule has 0 aliphatic rings. The Morgan fingerprint density at radius 3 is 1.93 bits per heavy atom. The molecule has 76 valence electrons. The van der Waals surface area contributed by atoms with Crippen molar-refractivity contribution >= 4 is 0 Å². The van der Waals surface area contributed by atoms with Gasteiger partial charge in [-0.05, 0) is 43.0 Å². The highest BCUT2D eigenvalue weighted by Crippen LogP contribution is 2.07. The van der Waals surface area contributed by atoms with E-state index in [2.05, 4.69) is 48.3 Å². The molecule has 0 amide bonds. The first-order chi connectivity index (χ1) is 7.34. The molecular formula is C14H15N. The van der Waals surface area contributed by atoms with Gasteiger partial charge in [0.15, 0.2) is 0 Å². The molecule has 0 saturated carbocycles. The van der Waals surface area contributed by atoms with Gasteiger partial charge in [-0.1, -0.05) is 29.8 Å². The molecular weight excluding hydrogens is 182 g/mol. The van der Waals surface area contributed by atoms with Crippen molar-refractivity contribution in [3.8, 4) is 0 Å². The summed E-state index contributed by atoms with van der Waals surface area (Å²) in [6.07, 6.45) is 5.89. The lowest BCUT2D eigenvalue weighted by Gasteiger charge is -2.02. The van der Waals surface area contributed by atoms with Gasteiger partial charge in [0.05, 0.1) is 0 Å². The predicted octanol–water partition coefficient (Wildman–Crippen LogP) is 3.18. The molecule has 0 aliphatic heterocycles. The van der Waals surface area contributed by atoms with Crippen molar-refractivity contribution < 1.29 is 0 Å². The number of rotatable bonds is 3. The van der Waals surface area contributed by atoms with E-state index in [1.807, 2.05) is 12.4 Å². The number of pyridine rings is 1. The van der Waals surface area contributed by atoms with Crippen molar-refractivity contribution in [1.29, 1.82) is 0 Å². The molecule has 0 unspecified atom stereocenters. The quantitative estimate of drug-likeness (QED) is 0.736. The highest BCUT2D eigenvalue weighted by atomic mass is 14.6. The molecule has 2 aromatic rings. The Hall–Kier alpha value is -1.63. The van der Waals surface area contributed by atoms with Crippen molar-refractivity contribution in [3.63, 3.8) is 0 Å². The van der Waals surface area contributed by atoms with Gasteiger partial charge < -0.3 is 0 Å². The Morgan fingerprint density at radius 2 is 1.33 bits per heavy atom. The summed E-state index contributed by atoms with van der Waals surface area (Å²) in [5, 5.41) is 0. The molecule has 0 saturated heterocycles. The minimum Gasteiger partial charge on any atom is -0.265 e. The lowest BCUT2D eigenvalue weighted by Crippen LogP contribution is -1.91. The molecule has 1 aromatic heterocycles. The minimum absolute atomic E-state index is 1.09. The lowest BCUT2D eigenvalue weighted by atomic mass is 10.0. The summed E-state index contributed by atoms with van der Waals surface area (Å²) < 4.78 is 0. The van der Waals surface area contributed by atoms with Crippen molar-refractivity contribution in [3.05, 3.63) is 65.5 Å². The van der Waals surface area contributed by atoms with Crippen LogP contribution in [-0.2, 0) is 12.8 Å². The fraction of sp³-hybridized carbons (Fsp3) is 0.214. The van der Waals surface area contributed by atoms with Crippen LogP contribution in [0.25, 0.3) is 0 Å². The molecule has 1 heterocycles. The predicted molar refractivity (Wildman–Crippen MR) is 62.8 cm³/mol. The maximum atomic E-state index is 4.01. The van der Waals surface area contributed by atoms with Crippen molar-refractivity contribution in [2.75, 3.05) is 0 Å². The molecule has 1 nitrogen and oxygen atoms in total. The summed E-state index contributed by atoms with van der Waals surface area (Å²) in [6.45, 7) is 2.12. The van der Waals surface area contributed by atoms with Gasteiger partial charge in [-0.25, -0.2) is 0 Å². The van der Waals surface area contributed by atoms with Gasteiger partial charge in [-0.2, -0.15) is 0 Å². The fourth-order valence-electron chi connectivity index (χ4n) is 1.59. The van der Waals surface area contributed by atoms with E-state index in [9.17, 15) is 0 Å². The van der Waals surface area contributed by atoms with E-state index in [0.717, 1.165) is 12.8 Å². The van der Waals surface area contributed by atoms with Crippen LogP contribution >= 0.6 is 0 Å². The first-order valence-electron chi connectivity index (χ1n) is 5.29. The normalized spacial score (nSPS) is 10.2. The zero-order valence-electron chi connectivity index (χ0n) is 8.98. The van der Waals surface area contributed by atoms with Crippen LogP contribution in [0.15, 0.2) is 48.8 Å². The van der Waals surface area contributed by atoms with Crippen LogP contribution < -0.4 is 0 Å². The van der Waals surface area contributed by atoms with Crippen LogP contribution in [0, 0.1) is 6.92 Å². The Bertz CT molecular complexity index is 403. The Balaban J connectivity index is 1.96. The van der Waals surface area contributed by atoms with E-state index in [0.29, 0.717) is 0 Å². The van der Waals surface area contributed by atoms with Crippen LogP contribution in [0.3, 0.4) is 0 Å². The SMILES string of the molecule is Cc1ccc(CCc2ccncc2)cc1. The van der Waals surface area contributed by atoms with E-state index >= 15 is 0 Å². The largest absolute Gasteiger partial charge is 0.265 e. The maximum Gasteiger partial charge on any atom is 0.0270 e. The third-order valence-corrected chi connectivity index (χ3v) is 2.57. The second kappa shape index (κ2) is 4.74. The van der Waals surface area contributed by atoms with Crippen LogP contribution in [0.2, 0.25) is 0 Å². The minimum atomic E-state index is 1.09. The van der Waals surface area contributed by atoms with Crippen LogP contribution in [0.4, 0.5) is 0 Å². The Kier molecular flexibility index (Phi) is 3.13. The van der Waals surface area contributed by atoms with Gasteiger partial charge in [0, 0.05) is 12.4 Å². The summed E-state index contributed by atoms with van der Waals surface area (Å²) in [5.74, 6) is 0. The second-order valence-corrected chi connectivity index (χ2v) is 3.84. The first kappa shape index (κ1) is 9.91. The van der Waals surface area contributed by atoms with Crippen LogP contribution in [0.5, 0.6) is 0 Å². The summed E-state index contributed by atoms with van der Waals surface area (Å²) in [6, 6.07) is 12.9. The summed E-state index contributed by atoms with van der Waals surface area (Å²) >= 11 is 0. The summed E-state index contributed by atoms with van der Waals surface area (Å²) in [5.41, 5.74) is 4.07. The molecule has 0 atom stereocenters. The number of hydrogen-bond acceptors (Lipinski definition) is 1. The maximum absolute atomic E-state index is 4.01. The van der Waals surface area contributed by atoms with Crippen molar-refractivity contribution in [1.82, 2.24) is 4.98 Å². The lowest BCUT2D eigenvalue weighted by molar-refractivity contribution is 0.954. The third-order valence-electron chi connectivity index (χ3n) is 2.57. The molecule has 0 N–H and O–H groups in total. The van der Waals surface area contributed by atoms with Crippen LogP contribution in [-0.4, -0.2) is 4.98 Å². The molecule has 0 radical (unpaired) electrons. The molecule has 0 bridgehead atoms. The van der Waals surface area contributed by atoms with E-state index in [-0.39, 0.29) is 0 Å². The van der Waals surface area contributed by atoms with E-state index in [1.165, 1.54) is 16.7 Å². The summed E-state index contributed by atoms with van der Waals surface area (Å²) in [4.78, 5) is 4.01. The Labute approximate surface area is 90.8 Å². The number of aromatic nitrogens is 1. The standard InChI is InChI=1S/C14H15N/c1-12-2-4-13(5-3-12)6-7-14-8-10-15-11-9-14/h2-5,8-11H,6-7H2,1H3. The van der Waals surface area contributed by atoms with E-state index < -0.39 is 0 Å². The zero-order chi connectivity index (χ0) is 10.5.